The van der Waals surface area contributed by atoms with E-state index < -0.39 is 23.5 Å². The molecule has 0 N–H and O–H groups in total. The SMILES string of the molecule is CN(C)c1cnnn1Cc1cc(C(F)(F)F)cc(C(F)(F)F)c1. The van der Waals surface area contributed by atoms with Gasteiger partial charge in [-0.15, -0.1) is 5.10 Å². The van der Waals surface area contributed by atoms with Gasteiger partial charge in [0.2, 0.25) is 0 Å². The Kier molecular flexibility index (Phi) is 4.27. The smallest absolute Gasteiger partial charge is 0.362 e. The van der Waals surface area contributed by atoms with E-state index in [0.29, 0.717) is 18.0 Å². The quantitative estimate of drug-likeness (QED) is 0.804. The molecule has 4 nitrogen and oxygen atoms in total. The van der Waals surface area contributed by atoms with Crippen molar-refractivity contribution in [3.05, 3.63) is 41.1 Å². The molecule has 10 heteroatoms. The average molecular weight is 338 g/mol. The molecular weight excluding hydrogens is 326 g/mol. The Morgan fingerprint density at radius 1 is 0.957 bits per heavy atom. The second-order valence-corrected chi connectivity index (χ2v) is 5.06. The van der Waals surface area contributed by atoms with Gasteiger partial charge in [-0.05, 0) is 23.8 Å². The van der Waals surface area contributed by atoms with Crippen LogP contribution in [0.1, 0.15) is 16.7 Å². The Labute approximate surface area is 127 Å². The van der Waals surface area contributed by atoms with E-state index in [1.54, 1.807) is 19.0 Å². The van der Waals surface area contributed by atoms with Crippen LogP contribution < -0.4 is 4.90 Å². The van der Waals surface area contributed by atoms with E-state index >= 15 is 0 Å². The van der Waals surface area contributed by atoms with Crippen LogP contribution in [0.5, 0.6) is 0 Å². The molecule has 0 radical (unpaired) electrons. The van der Waals surface area contributed by atoms with Crippen molar-refractivity contribution in [2.24, 2.45) is 0 Å². The molecule has 1 aromatic heterocycles. The second kappa shape index (κ2) is 5.74. The summed E-state index contributed by atoms with van der Waals surface area (Å²) in [7, 11) is 3.31. The van der Waals surface area contributed by atoms with Crippen molar-refractivity contribution >= 4 is 5.82 Å². The molecule has 0 bridgehead atoms. The predicted octanol–water partition coefficient (Wildman–Crippen LogP) is 3.43. The van der Waals surface area contributed by atoms with Gasteiger partial charge in [0.25, 0.3) is 0 Å². The maximum atomic E-state index is 12.8. The lowest BCUT2D eigenvalue weighted by molar-refractivity contribution is -0.143. The van der Waals surface area contributed by atoms with Crippen LogP contribution in [0.2, 0.25) is 0 Å². The third-order valence-corrected chi connectivity index (χ3v) is 3.04. The van der Waals surface area contributed by atoms with Crippen molar-refractivity contribution < 1.29 is 26.3 Å². The highest BCUT2D eigenvalue weighted by Crippen LogP contribution is 2.36. The number of halogens is 6. The number of benzene rings is 1. The molecule has 126 valence electrons. The highest BCUT2D eigenvalue weighted by Gasteiger charge is 2.36. The molecule has 0 saturated carbocycles. The Hall–Kier alpha value is -2.26. The maximum absolute atomic E-state index is 12.8. The van der Waals surface area contributed by atoms with E-state index in [2.05, 4.69) is 10.3 Å². The highest BCUT2D eigenvalue weighted by atomic mass is 19.4. The van der Waals surface area contributed by atoms with E-state index in [4.69, 9.17) is 0 Å². The molecule has 0 fully saturated rings. The van der Waals surface area contributed by atoms with Gasteiger partial charge in [-0.3, -0.25) is 0 Å². The molecule has 0 spiro atoms. The normalized spacial score (nSPS) is 12.5. The van der Waals surface area contributed by atoms with Crippen LogP contribution in [0, 0.1) is 0 Å². The van der Waals surface area contributed by atoms with Gasteiger partial charge in [0.15, 0.2) is 0 Å². The summed E-state index contributed by atoms with van der Waals surface area (Å²) in [5.74, 6) is 0.455. The number of hydrogen-bond donors (Lipinski definition) is 0. The number of hydrogen-bond acceptors (Lipinski definition) is 3. The standard InChI is InChI=1S/C13H12F6N4/c1-22(2)11-6-20-21-23(11)7-8-3-9(12(14,15)16)5-10(4-8)13(17,18)19/h3-6H,7H2,1-2H3. The van der Waals surface area contributed by atoms with Crippen LogP contribution in [0.4, 0.5) is 32.2 Å². The first-order chi connectivity index (χ1) is 10.5. The van der Waals surface area contributed by atoms with Crippen LogP contribution in [0.25, 0.3) is 0 Å². The van der Waals surface area contributed by atoms with E-state index in [1.807, 2.05) is 0 Å². The number of nitrogens with zero attached hydrogens (tertiary/aromatic N) is 4. The molecule has 0 amide bonds. The molecular formula is C13H12F6N4. The minimum Gasteiger partial charge on any atom is -0.362 e. The van der Waals surface area contributed by atoms with Crippen molar-refractivity contribution in [1.82, 2.24) is 15.0 Å². The summed E-state index contributed by atoms with van der Waals surface area (Å²) in [6.07, 6.45) is -8.39. The number of alkyl halides is 6. The summed E-state index contributed by atoms with van der Waals surface area (Å²) in [5.41, 5.74) is -2.87. The first kappa shape index (κ1) is 17.1. The molecule has 0 aliphatic rings. The fourth-order valence-corrected chi connectivity index (χ4v) is 1.99. The van der Waals surface area contributed by atoms with Crippen molar-refractivity contribution in [1.29, 1.82) is 0 Å². The molecule has 1 aromatic carbocycles. The molecule has 2 aromatic rings. The Morgan fingerprint density at radius 3 is 1.91 bits per heavy atom. The molecule has 0 saturated heterocycles. The largest absolute Gasteiger partial charge is 0.416 e. The lowest BCUT2D eigenvalue weighted by atomic mass is 10.0. The van der Waals surface area contributed by atoms with Gasteiger partial charge in [0, 0.05) is 14.1 Å². The molecule has 1 heterocycles. The van der Waals surface area contributed by atoms with Gasteiger partial charge in [0.1, 0.15) is 5.82 Å². The van der Waals surface area contributed by atoms with E-state index in [9.17, 15) is 26.3 Å². The summed E-state index contributed by atoms with van der Waals surface area (Å²) in [4.78, 5) is 1.60. The lowest BCUT2D eigenvalue weighted by Crippen LogP contribution is -2.17. The fourth-order valence-electron chi connectivity index (χ4n) is 1.99. The van der Waals surface area contributed by atoms with Crippen LogP contribution in [0.3, 0.4) is 0 Å². The van der Waals surface area contributed by atoms with Gasteiger partial charge in [-0.25, -0.2) is 4.68 Å². The van der Waals surface area contributed by atoms with Gasteiger partial charge in [-0.2, -0.15) is 26.3 Å². The van der Waals surface area contributed by atoms with Gasteiger partial charge < -0.3 is 4.90 Å². The van der Waals surface area contributed by atoms with Crippen LogP contribution in [0.15, 0.2) is 24.4 Å². The van der Waals surface area contributed by atoms with E-state index in [0.717, 1.165) is 0 Å². The molecule has 2 rings (SSSR count). The summed E-state index contributed by atoms with van der Waals surface area (Å²) in [5, 5.41) is 7.29. The minimum atomic E-state index is -4.87. The molecule has 0 atom stereocenters. The van der Waals surface area contributed by atoms with Crippen LogP contribution in [-0.4, -0.2) is 29.1 Å². The molecule has 0 aliphatic carbocycles. The zero-order valence-corrected chi connectivity index (χ0v) is 12.1. The third kappa shape index (κ3) is 3.93. The van der Waals surface area contributed by atoms with E-state index in [1.165, 1.54) is 10.9 Å². The number of rotatable bonds is 3. The first-order valence-electron chi connectivity index (χ1n) is 6.32. The first-order valence-corrected chi connectivity index (χ1v) is 6.32. The highest BCUT2D eigenvalue weighted by molar-refractivity contribution is 5.37. The molecule has 0 unspecified atom stereocenters. The van der Waals surface area contributed by atoms with Crippen molar-refractivity contribution in [3.63, 3.8) is 0 Å². The Balaban J connectivity index is 2.47. The predicted molar refractivity (Wildman–Crippen MR) is 69.9 cm³/mol. The van der Waals surface area contributed by atoms with Gasteiger partial charge in [-0.1, -0.05) is 5.21 Å². The summed E-state index contributed by atoms with van der Waals surface area (Å²) in [6.45, 7) is -0.263. The topological polar surface area (TPSA) is 34.0 Å². The van der Waals surface area contributed by atoms with E-state index in [-0.39, 0.29) is 18.2 Å². The van der Waals surface area contributed by atoms with Crippen molar-refractivity contribution in [3.8, 4) is 0 Å². The van der Waals surface area contributed by atoms with Crippen LogP contribution in [-0.2, 0) is 18.9 Å². The zero-order chi connectivity index (χ0) is 17.4. The number of aromatic nitrogens is 3. The monoisotopic (exact) mass is 338 g/mol. The average Bonchev–Trinajstić information content (AvgIpc) is 2.84. The minimum absolute atomic E-state index is 0.0949. The Bertz CT molecular complexity index is 654. The van der Waals surface area contributed by atoms with Crippen molar-refractivity contribution in [2.75, 3.05) is 19.0 Å². The second-order valence-electron chi connectivity index (χ2n) is 5.06. The summed E-state index contributed by atoms with van der Waals surface area (Å²) in [6, 6.07) is 1.45. The van der Waals surface area contributed by atoms with Crippen LogP contribution >= 0.6 is 0 Å². The molecule has 0 aliphatic heterocycles. The fraction of sp³-hybridized carbons (Fsp3) is 0.385. The van der Waals surface area contributed by atoms with Gasteiger partial charge in [0.05, 0.1) is 23.9 Å². The molecule has 23 heavy (non-hydrogen) atoms. The van der Waals surface area contributed by atoms with Crippen molar-refractivity contribution in [2.45, 2.75) is 18.9 Å². The number of anilines is 1. The summed E-state index contributed by atoms with van der Waals surface area (Å²) >= 11 is 0. The maximum Gasteiger partial charge on any atom is 0.416 e. The lowest BCUT2D eigenvalue weighted by Gasteiger charge is -2.16. The van der Waals surface area contributed by atoms with Gasteiger partial charge >= 0.3 is 12.4 Å². The summed E-state index contributed by atoms with van der Waals surface area (Å²) < 4.78 is 78.1. The zero-order valence-electron chi connectivity index (χ0n) is 12.1. The Morgan fingerprint density at radius 2 is 1.48 bits per heavy atom. The third-order valence-electron chi connectivity index (χ3n) is 3.04.